The van der Waals surface area contributed by atoms with E-state index in [0.29, 0.717) is 6.42 Å². The molecule has 0 aliphatic rings. The molecule has 3 nitrogen and oxygen atoms in total. The number of carbonyl (C=O) groups is 2. The number of carboxylic acid groups (broad SMARTS) is 1. The maximum atomic E-state index is 10.8. The van der Waals surface area contributed by atoms with Crippen molar-refractivity contribution in [2.24, 2.45) is 0 Å². The standard InChI is InChI=1S/C21H32O.C20H30O2/c1-3-4-5-6-7-8-9-10-11-12-13-14-15-16-17-18-19-20-21(2)22;1-2-3-4-5-6-7-8-9-10-11-12-13-14-15-16-17-18-19-20(21)22/h4-5,7-8,10-11,13-14,16-17H,3,6,9,12,15,18-20H2,1-2H3;3-4,6-7,9-10,12-13,15-16H,2,5,8,11,14,17-19H2,1H3,(H,21,22)/b5-4-,8-7-,11-10-,14-13-,17-16-;4-3-,7-6-,10-9-,13-12-,16-15-. The molecule has 0 aliphatic heterocycles. The van der Waals surface area contributed by atoms with Gasteiger partial charge in [-0.2, -0.15) is 0 Å². The van der Waals surface area contributed by atoms with E-state index >= 15 is 0 Å². The van der Waals surface area contributed by atoms with Crippen LogP contribution < -0.4 is 0 Å². The molecular weight excluding hydrogens is 540 g/mol. The van der Waals surface area contributed by atoms with Crippen LogP contribution in [0.2, 0.25) is 0 Å². The Morgan fingerprint density at radius 3 is 0.909 bits per heavy atom. The smallest absolute Gasteiger partial charge is 0.303 e. The van der Waals surface area contributed by atoms with Crippen molar-refractivity contribution < 1.29 is 14.7 Å². The lowest BCUT2D eigenvalue weighted by Gasteiger charge is -1.90. The van der Waals surface area contributed by atoms with Gasteiger partial charge in [0, 0.05) is 12.8 Å². The monoisotopic (exact) mass is 602 g/mol. The Morgan fingerprint density at radius 2 is 0.659 bits per heavy atom. The Bertz CT molecular complexity index is 870. The predicted octanol–water partition coefficient (Wildman–Crippen LogP) is 12.5. The zero-order chi connectivity index (χ0) is 32.6. The second-order valence-electron chi connectivity index (χ2n) is 10.3. The topological polar surface area (TPSA) is 54.4 Å². The second-order valence-corrected chi connectivity index (χ2v) is 10.3. The Hall–Kier alpha value is -3.46. The Kier molecular flexibility index (Phi) is 38.3. The summed E-state index contributed by atoms with van der Waals surface area (Å²) in [6, 6.07) is 0. The van der Waals surface area contributed by atoms with Gasteiger partial charge in [-0.3, -0.25) is 4.79 Å². The van der Waals surface area contributed by atoms with Gasteiger partial charge in [-0.1, -0.05) is 135 Å². The van der Waals surface area contributed by atoms with E-state index in [2.05, 4.69) is 135 Å². The lowest BCUT2D eigenvalue weighted by Crippen LogP contribution is -1.92. The van der Waals surface area contributed by atoms with Crippen LogP contribution in [0.3, 0.4) is 0 Å². The molecule has 0 unspecified atom stereocenters. The van der Waals surface area contributed by atoms with E-state index in [-0.39, 0.29) is 12.2 Å². The van der Waals surface area contributed by atoms with E-state index in [0.717, 1.165) is 89.9 Å². The molecule has 44 heavy (non-hydrogen) atoms. The Morgan fingerprint density at radius 1 is 0.409 bits per heavy atom. The summed E-state index contributed by atoms with van der Waals surface area (Å²) in [6.07, 6.45) is 58.3. The minimum atomic E-state index is -0.715. The summed E-state index contributed by atoms with van der Waals surface area (Å²) in [7, 11) is 0. The molecule has 0 heterocycles. The molecule has 1 N–H and O–H groups in total. The molecule has 0 spiro atoms. The maximum Gasteiger partial charge on any atom is 0.303 e. The van der Waals surface area contributed by atoms with Crippen LogP contribution in [0.1, 0.15) is 124 Å². The minimum Gasteiger partial charge on any atom is -0.481 e. The number of rotatable bonds is 26. The number of hydrogen-bond acceptors (Lipinski definition) is 2. The van der Waals surface area contributed by atoms with Gasteiger partial charge < -0.3 is 9.90 Å². The van der Waals surface area contributed by atoms with Gasteiger partial charge in [0.2, 0.25) is 0 Å². The van der Waals surface area contributed by atoms with Crippen LogP contribution in [0, 0.1) is 0 Å². The van der Waals surface area contributed by atoms with E-state index in [4.69, 9.17) is 5.11 Å². The number of allylic oxidation sites excluding steroid dienone is 20. The summed E-state index contributed by atoms with van der Waals surface area (Å²) in [4.78, 5) is 21.1. The molecule has 0 bridgehead atoms. The fourth-order valence-electron chi connectivity index (χ4n) is 3.58. The first-order valence-corrected chi connectivity index (χ1v) is 16.8. The van der Waals surface area contributed by atoms with Gasteiger partial charge in [0.1, 0.15) is 5.78 Å². The van der Waals surface area contributed by atoms with Crippen molar-refractivity contribution in [2.75, 3.05) is 0 Å². The maximum absolute atomic E-state index is 10.8. The molecule has 0 fully saturated rings. The quantitative estimate of drug-likeness (QED) is 0.0791. The lowest BCUT2D eigenvalue weighted by molar-refractivity contribution is -0.137. The third-order valence-corrected chi connectivity index (χ3v) is 5.98. The third-order valence-electron chi connectivity index (χ3n) is 5.98. The molecule has 0 amide bonds. The molecule has 0 rings (SSSR count). The molecule has 244 valence electrons. The second kappa shape index (κ2) is 39.5. The molecule has 0 aliphatic carbocycles. The van der Waals surface area contributed by atoms with Crippen LogP contribution in [0.25, 0.3) is 0 Å². The van der Waals surface area contributed by atoms with Crippen molar-refractivity contribution >= 4 is 11.8 Å². The van der Waals surface area contributed by atoms with E-state index in [1.807, 2.05) is 0 Å². The van der Waals surface area contributed by atoms with Gasteiger partial charge in [-0.25, -0.2) is 0 Å². The highest BCUT2D eigenvalue weighted by molar-refractivity contribution is 5.75. The fourth-order valence-corrected chi connectivity index (χ4v) is 3.58. The fraction of sp³-hybridized carbons (Fsp3) is 0.463. The highest BCUT2D eigenvalue weighted by Gasteiger charge is 1.92. The van der Waals surface area contributed by atoms with E-state index in [1.165, 1.54) is 0 Å². The molecule has 0 radical (unpaired) electrons. The number of ketones is 1. The van der Waals surface area contributed by atoms with Crippen LogP contribution >= 0.6 is 0 Å². The van der Waals surface area contributed by atoms with Crippen LogP contribution in [0.4, 0.5) is 0 Å². The zero-order valence-electron chi connectivity index (χ0n) is 28.1. The summed E-state index contributed by atoms with van der Waals surface area (Å²) >= 11 is 0. The number of hydrogen-bond donors (Lipinski definition) is 1. The van der Waals surface area contributed by atoms with Gasteiger partial charge in [-0.05, 0) is 96.8 Å². The minimum absolute atomic E-state index is 0.258. The van der Waals surface area contributed by atoms with Crippen molar-refractivity contribution in [3.8, 4) is 0 Å². The molecule has 0 atom stereocenters. The first-order valence-electron chi connectivity index (χ1n) is 16.8. The predicted molar refractivity (Wildman–Crippen MR) is 195 cm³/mol. The number of Topliss-reactive ketones (excluding diaryl/α,β-unsaturated/α-hetero) is 1. The largest absolute Gasteiger partial charge is 0.481 e. The van der Waals surface area contributed by atoms with Crippen molar-refractivity contribution in [2.45, 2.75) is 124 Å². The SMILES string of the molecule is CC/C=C\C/C=C\C/C=C\C/C=C\C/C=C\CCCC(=O)O.CC/C=C\C/C=C\C/C=C\C/C=C\C/C=C\CCCC(C)=O. The average molecular weight is 603 g/mol. The first-order chi connectivity index (χ1) is 21.5. The molecule has 0 aromatic heterocycles. The van der Waals surface area contributed by atoms with E-state index in [1.54, 1.807) is 6.92 Å². The van der Waals surface area contributed by atoms with Crippen molar-refractivity contribution in [1.82, 2.24) is 0 Å². The van der Waals surface area contributed by atoms with Gasteiger partial charge in [0.25, 0.3) is 0 Å². The van der Waals surface area contributed by atoms with Crippen molar-refractivity contribution in [3.63, 3.8) is 0 Å². The molecule has 0 aromatic rings. The molecule has 0 saturated heterocycles. The van der Waals surface area contributed by atoms with E-state index < -0.39 is 5.97 Å². The summed E-state index contributed by atoms with van der Waals surface area (Å²) in [5.41, 5.74) is 0. The van der Waals surface area contributed by atoms with Gasteiger partial charge >= 0.3 is 5.97 Å². The van der Waals surface area contributed by atoms with Crippen LogP contribution in [-0.2, 0) is 9.59 Å². The van der Waals surface area contributed by atoms with Crippen LogP contribution in [0.15, 0.2) is 122 Å². The summed E-state index contributed by atoms with van der Waals surface area (Å²) < 4.78 is 0. The van der Waals surface area contributed by atoms with Crippen LogP contribution in [0.5, 0.6) is 0 Å². The third kappa shape index (κ3) is 45.5. The highest BCUT2D eigenvalue weighted by Crippen LogP contribution is 2.01. The van der Waals surface area contributed by atoms with Gasteiger partial charge in [0.15, 0.2) is 0 Å². The average Bonchev–Trinajstić information content (AvgIpc) is 3.00. The Labute approximate surface area is 271 Å². The summed E-state index contributed by atoms with van der Waals surface area (Å²) in [5.74, 6) is -0.431. The van der Waals surface area contributed by atoms with Crippen molar-refractivity contribution in [1.29, 1.82) is 0 Å². The van der Waals surface area contributed by atoms with Gasteiger partial charge in [-0.15, -0.1) is 0 Å². The molecule has 0 aromatic carbocycles. The van der Waals surface area contributed by atoms with E-state index in [9.17, 15) is 9.59 Å². The van der Waals surface area contributed by atoms with Crippen molar-refractivity contribution in [3.05, 3.63) is 122 Å². The summed E-state index contributed by atoms with van der Waals surface area (Å²) in [6.45, 7) is 5.95. The number of unbranched alkanes of at least 4 members (excludes halogenated alkanes) is 2. The zero-order valence-corrected chi connectivity index (χ0v) is 28.1. The summed E-state index contributed by atoms with van der Waals surface area (Å²) in [5, 5.41) is 8.49. The first kappa shape index (κ1) is 42.7. The molecule has 3 heteroatoms. The van der Waals surface area contributed by atoms with Gasteiger partial charge in [0.05, 0.1) is 0 Å². The highest BCUT2D eigenvalue weighted by atomic mass is 16.4. The lowest BCUT2D eigenvalue weighted by atomic mass is 10.2. The number of carboxylic acids is 1. The molecular formula is C41H62O3. The van der Waals surface area contributed by atoms with Crippen LogP contribution in [-0.4, -0.2) is 16.9 Å². The Balaban J connectivity index is 0. The number of carbonyl (C=O) groups excluding carboxylic acids is 1. The normalized spacial score (nSPS) is 12.8. The number of aliphatic carboxylic acids is 1. The molecule has 0 saturated carbocycles.